The smallest absolute Gasteiger partial charge is 0.247 e. The number of nitrogens with zero attached hydrogens (tertiary/aromatic N) is 1. The van der Waals surface area contributed by atoms with Crippen molar-refractivity contribution in [2.45, 2.75) is 25.8 Å². The molecule has 0 spiro atoms. The summed E-state index contributed by atoms with van der Waals surface area (Å²) in [7, 11) is 0. The minimum absolute atomic E-state index is 0.0753. The summed E-state index contributed by atoms with van der Waals surface area (Å²) in [5.41, 5.74) is 6.77. The largest absolute Gasteiger partial charge is 0.335 e. The number of amides is 1. The standard InChI is InChI=1S/C15H19FN2O/c1-11(13-6-2-3-7-14(13)16)9-15(19)18-8-4-5-12(18)10-17/h2-3,6-7,9,12H,4-5,8,10,17H2,1H3. The van der Waals surface area contributed by atoms with Crippen molar-refractivity contribution in [1.82, 2.24) is 4.90 Å². The van der Waals surface area contributed by atoms with Crippen LogP contribution in [0.5, 0.6) is 0 Å². The molecule has 1 aliphatic rings. The SMILES string of the molecule is CC(=CC(=O)N1CCCC1CN)c1ccccc1F. The van der Waals surface area contributed by atoms with Crippen LogP contribution in [0.15, 0.2) is 30.3 Å². The summed E-state index contributed by atoms with van der Waals surface area (Å²) >= 11 is 0. The van der Waals surface area contributed by atoms with Gasteiger partial charge in [0.1, 0.15) is 5.82 Å². The van der Waals surface area contributed by atoms with Crippen LogP contribution in [0.25, 0.3) is 5.57 Å². The number of hydrogen-bond donors (Lipinski definition) is 1. The van der Waals surface area contributed by atoms with Crippen molar-refractivity contribution in [3.63, 3.8) is 0 Å². The fourth-order valence-electron chi connectivity index (χ4n) is 2.50. The Morgan fingerprint density at radius 2 is 2.26 bits per heavy atom. The van der Waals surface area contributed by atoms with Gasteiger partial charge < -0.3 is 10.6 Å². The molecule has 1 aromatic carbocycles. The molecule has 1 heterocycles. The summed E-state index contributed by atoms with van der Waals surface area (Å²) in [5, 5.41) is 0. The van der Waals surface area contributed by atoms with Crippen LogP contribution in [0, 0.1) is 5.82 Å². The van der Waals surface area contributed by atoms with Crippen molar-refractivity contribution in [1.29, 1.82) is 0 Å². The first-order chi connectivity index (χ1) is 9.13. The maximum atomic E-state index is 13.6. The number of allylic oxidation sites excluding steroid dienone is 1. The quantitative estimate of drug-likeness (QED) is 0.849. The summed E-state index contributed by atoms with van der Waals surface area (Å²) in [6.07, 6.45) is 3.45. The molecule has 1 unspecified atom stereocenters. The third-order valence-corrected chi connectivity index (χ3v) is 3.57. The van der Waals surface area contributed by atoms with E-state index >= 15 is 0 Å². The van der Waals surface area contributed by atoms with Crippen molar-refractivity contribution < 1.29 is 9.18 Å². The molecule has 1 aliphatic heterocycles. The first-order valence-electron chi connectivity index (χ1n) is 6.57. The van der Waals surface area contributed by atoms with E-state index in [1.54, 1.807) is 30.0 Å². The summed E-state index contributed by atoms with van der Waals surface area (Å²) in [6, 6.07) is 6.60. The first-order valence-corrected chi connectivity index (χ1v) is 6.57. The molecule has 102 valence electrons. The van der Waals surface area contributed by atoms with Crippen molar-refractivity contribution in [3.05, 3.63) is 41.7 Å². The summed E-state index contributed by atoms with van der Waals surface area (Å²) in [6.45, 7) is 2.98. The molecule has 3 nitrogen and oxygen atoms in total. The summed E-state index contributed by atoms with van der Waals surface area (Å²) in [5.74, 6) is -0.380. The fourth-order valence-corrected chi connectivity index (χ4v) is 2.50. The third kappa shape index (κ3) is 3.01. The number of rotatable bonds is 3. The van der Waals surface area contributed by atoms with E-state index in [1.165, 1.54) is 12.1 Å². The molecule has 0 saturated carbocycles. The van der Waals surface area contributed by atoms with Gasteiger partial charge >= 0.3 is 0 Å². The maximum Gasteiger partial charge on any atom is 0.247 e. The van der Waals surface area contributed by atoms with Gasteiger partial charge in [-0.1, -0.05) is 18.2 Å². The predicted molar refractivity (Wildman–Crippen MR) is 73.8 cm³/mol. The normalized spacial score (nSPS) is 19.8. The molecular formula is C15H19FN2O. The molecule has 2 rings (SSSR count). The Kier molecular flexibility index (Phi) is 4.32. The lowest BCUT2D eigenvalue weighted by Crippen LogP contribution is -2.39. The van der Waals surface area contributed by atoms with Crippen LogP contribution in [-0.4, -0.2) is 29.9 Å². The van der Waals surface area contributed by atoms with Gasteiger partial charge in [0.05, 0.1) is 0 Å². The molecule has 0 radical (unpaired) electrons. The number of carbonyl (C=O) groups is 1. The average Bonchev–Trinajstić information content (AvgIpc) is 2.87. The second-order valence-electron chi connectivity index (χ2n) is 4.87. The Balaban J connectivity index is 2.17. The molecule has 1 amide bonds. The second kappa shape index (κ2) is 5.97. The average molecular weight is 262 g/mol. The predicted octanol–water partition coefficient (Wildman–Crippen LogP) is 2.18. The molecule has 4 heteroatoms. The van der Waals surface area contributed by atoms with Crippen LogP contribution in [0.1, 0.15) is 25.3 Å². The maximum absolute atomic E-state index is 13.6. The van der Waals surface area contributed by atoms with Gasteiger partial charge in [0.2, 0.25) is 5.91 Å². The van der Waals surface area contributed by atoms with Crippen LogP contribution < -0.4 is 5.73 Å². The zero-order chi connectivity index (χ0) is 13.8. The lowest BCUT2D eigenvalue weighted by molar-refractivity contribution is -0.126. The minimum Gasteiger partial charge on any atom is -0.335 e. The van der Waals surface area contributed by atoms with Crippen LogP contribution in [0.2, 0.25) is 0 Å². The Bertz CT molecular complexity index is 499. The van der Waals surface area contributed by atoms with E-state index in [2.05, 4.69) is 0 Å². The lowest BCUT2D eigenvalue weighted by Gasteiger charge is -2.22. The number of hydrogen-bond acceptors (Lipinski definition) is 2. The molecular weight excluding hydrogens is 243 g/mol. The Morgan fingerprint density at radius 3 is 2.95 bits per heavy atom. The Hall–Kier alpha value is -1.68. The van der Waals surface area contributed by atoms with Crippen molar-refractivity contribution in [2.24, 2.45) is 5.73 Å². The Labute approximate surface area is 112 Å². The number of nitrogens with two attached hydrogens (primary N) is 1. The van der Waals surface area contributed by atoms with Crippen LogP contribution in [-0.2, 0) is 4.79 Å². The monoisotopic (exact) mass is 262 g/mol. The number of carbonyl (C=O) groups excluding carboxylic acids is 1. The highest BCUT2D eigenvalue weighted by molar-refractivity contribution is 5.95. The van der Waals surface area contributed by atoms with E-state index in [-0.39, 0.29) is 17.8 Å². The van der Waals surface area contributed by atoms with Gasteiger partial charge in [-0.3, -0.25) is 4.79 Å². The third-order valence-electron chi connectivity index (χ3n) is 3.57. The molecule has 0 aromatic heterocycles. The van der Waals surface area contributed by atoms with E-state index in [1.807, 2.05) is 0 Å². The van der Waals surface area contributed by atoms with E-state index in [0.717, 1.165) is 19.4 Å². The highest BCUT2D eigenvalue weighted by Gasteiger charge is 2.26. The molecule has 0 aliphatic carbocycles. The fraction of sp³-hybridized carbons (Fsp3) is 0.400. The molecule has 1 aromatic rings. The molecule has 19 heavy (non-hydrogen) atoms. The summed E-state index contributed by atoms with van der Waals surface area (Å²) in [4.78, 5) is 14.0. The van der Waals surface area contributed by atoms with E-state index in [9.17, 15) is 9.18 Å². The molecule has 0 bridgehead atoms. The zero-order valence-electron chi connectivity index (χ0n) is 11.1. The van der Waals surface area contributed by atoms with Gasteiger partial charge in [0.25, 0.3) is 0 Å². The molecule has 1 fully saturated rings. The van der Waals surface area contributed by atoms with Gasteiger partial charge in [-0.25, -0.2) is 4.39 Å². The second-order valence-corrected chi connectivity index (χ2v) is 4.87. The van der Waals surface area contributed by atoms with Gasteiger partial charge in [0.15, 0.2) is 0 Å². The number of likely N-dealkylation sites (tertiary alicyclic amines) is 1. The topological polar surface area (TPSA) is 46.3 Å². The Morgan fingerprint density at radius 1 is 1.53 bits per heavy atom. The van der Waals surface area contributed by atoms with E-state index in [0.29, 0.717) is 17.7 Å². The molecule has 1 saturated heterocycles. The molecule has 1 atom stereocenters. The number of halogens is 1. The van der Waals surface area contributed by atoms with Gasteiger partial charge in [0, 0.05) is 30.8 Å². The van der Waals surface area contributed by atoms with Gasteiger partial charge in [-0.15, -0.1) is 0 Å². The molecule has 2 N–H and O–H groups in total. The van der Waals surface area contributed by atoms with Crippen molar-refractivity contribution >= 4 is 11.5 Å². The number of benzene rings is 1. The highest BCUT2D eigenvalue weighted by Crippen LogP contribution is 2.20. The van der Waals surface area contributed by atoms with Crippen LogP contribution in [0.4, 0.5) is 4.39 Å². The van der Waals surface area contributed by atoms with E-state index < -0.39 is 0 Å². The lowest BCUT2D eigenvalue weighted by atomic mass is 10.1. The zero-order valence-corrected chi connectivity index (χ0v) is 11.1. The van der Waals surface area contributed by atoms with E-state index in [4.69, 9.17) is 5.73 Å². The van der Waals surface area contributed by atoms with Gasteiger partial charge in [-0.2, -0.15) is 0 Å². The highest BCUT2D eigenvalue weighted by atomic mass is 19.1. The van der Waals surface area contributed by atoms with Crippen LogP contribution in [0.3, 0.4) is 0 Å². The van der Waals surface area contributed by atoms with Crippen molar-refractivity contribution in [2.75, 3.05) is 13.1 Å². The minimum atomic E-state index is -0.305. The van der Waals surface area contributed by atoms with Crippen molar-refractivity contribution in [3.8, 4) is 0 Å². The van der Waals surface area contributed by atoms with Crippen LogP contribution >= 0.6 is 0 Å². The van der Waals surface area contributed by atoms with Gasteiger partial charge in [-0.05, 0) is 31.4 Å². The summed E-state index contributed by atoms with van der Waals surface area (Å²) < 4.78 is 13.6. The first kappa shape index (κ1) is 13.7.